The molecule has 1 amide bonds. The van der Waals surface area contributed by atoms with Crippen LogP contribution in [0.5, 0.6) is 0 Å². The summed E-state index contributed by atoms with van der Waals surface area (Å²) in [5.41, 5.74) is 5.60. The van der Waals surface area contributed by atoms with Crippen LogP contribution in [0.1, 0.15) is 34.5 Å². The highest BCUT2D eigenvalue weighted by molar-refractivity contribution is 6.02. The second kappa shape index (κ2) is 8.31. The van der Waals surface area contributed by atoms with E-state index in [9.17, 15) is 4.79 Å². The number of benzene rings is 2. The number of carbonyl (C=O) groups excluding carboxylic acids is 1. The molecule has 0 atom stereocenters. The van der Waals surface area contributed by atoms with Gasteiger partial charge in [-0.3, -0.25) is 4.79 Å². The first kappa shape index (κ1) is 18.9. The summed E-state index contributed by atoms with van der Waals surface area (Å²) in [6.45, 7) is 6.34. The van der Waals surface area contributed by atoms with Crippen LogP contribution in [-0.2, 0) is 0 Å². The monoisotopic (exact) mass is 387 g/mol. The quantitative estimate of drug-likeness (QED) is 0.665. The molecule has 6 heteroatoms. The Kier molecular flexibility index (Phi) is 5.42. The average molecular weight is 387 g/mol. The van der Waals surface area contributed by atoms with E-state index < -0.39 is 0 Å². The maximum atomic E-state index is 12.5. The van der Waals surface area contributed by atoms with Gasteiger partial charge in [0.25, 0.3) is 5.91 Å². The van der Waals surface area contributed by atoms with Crippen molar-refractivity contribution in [3.05, 3.63) is 71.7 Å². The summed E-state index contributed by atoms with van der Waals surface area (Å²) in [5, 5.41) is 6.09. The van der Waals surface area contributed by atoms with Crippen molar-refractivity contribution in [2.45, 2.75) is 26.7 Å². The summed E-state index contributed by atoms with van der Waals surface area (Å²) in [5.74, 6) is 0.323. The van der Waals surface area contributed by atoms with Crippen LogP contribution in [-0.4, -0.2) is 29.0 Å². The van der Waals surface area contributed by atoms with Crippen LogP contribution in [0.4, 0.5) is 22.9 Å². The van der Waals surface area contributed by atoms with Crippen molar-refractivity contribution in [3.63, 3.8) is 0 Å². The van der Waals surface area contributed by atoms with Gasteiger partial charge in [-0.15, -0.1) is 0 Å². The maximum Gasteiger partial charge on any atom is 0.275 e. The Morgan fingerprint density at radius 3 is 2.28 bits per heavy atom. The van der Waals surface area contributed by atoms with Gasteiger partial charge in [-0.2, -0.15) is 0 Å². The zero-order valence-electron chi connectivity index (χ0n) is 16.8. The molecule has 0 aliphatic carbocycles. The molecule has 2 aromatic carbocycles. The third-order valence-electron chi connectivity index (χ3n) is 5.26. The average Bonchev–Trinajstić information content (AvgIpc) is 3.27. The molecule has 3 aromatic rings. The van der Waals surface area contributed by atoms with E-state index in [0.29, 0.717) is 5.82 Å². The molecular formula is C23H25N5O. The Morgan fingerprint density at radius 1 is 0.897 bits per heavy atom. The largest absolute Gasteiger partial charge is 0.372 e. The number of nitrogens with zero attached hydrogens (tertiary/aromatic N) is 3. The van der Waals surface area contributed by atoms with Crippen molar-refractivity contribution < 1.29 is 4.79 Å². The summed E-state index contributed by atoms with van der Waals surface area (Å²) in [6, 6.07) is 14.1. The SMILES string of the molecule is Cc1ccc(Nc2cnc(C(=O)Nc3ccc(N4CCCC4)cc3)cn2)cc1C. The standard InChI is InChI=1S/C23H25N5O/c1-16-5-6-19(13-17(16)2)26-22-15-24-21(14-25-22)23(29)27-18-7-9-20(10-8-18)28-11-3-4-12-28/h5-10,13-15H,3-4,11-12H2,1-2H3,(H,25,26)(H,27,29). The van der Waals surface area contributed by atoms with E-state index in [4.69, 9.17) is 0 Å². The van der Waals surface area contributed by atoms with Crippen molar-refractivity contribution in [3.8, 4) is 0 Å². The van der Waals surface area contributed by atoms with E-state index in [1.165, 1.54) is 35.9 Å². The van der Waals surface area contributed by atoms with Gasteiger partial charge in [0.15, 0.2) is 0 Å². The molecule has 0 unspecified atom stereocenters. The number of anilines is 4. The number of hydrogen-bond acceptors (Lipinski definition) is 5. The van der Waals surface area contributed by atoms with E-state index in [-0.39, 0.29) is 11.6 Å². The van der Waals surface area contributed by atoms with Gasteiger partial charge in [-0.25, -0.2) is 9.97 Å². The molecule has 2 N–H and O–H groups in total. The van der Waals surface area contributed by atoms with Gasteiger partial charge >= 0.3 is 0 Å². The van der Waals surface area contributed by atoms with Crippen molar-refractivity contribution in [2.24, 2.45) is 0 Å². The minimum atomic E-state index is -0.274. The summed E-state index contributed by atoms with van der Waals surface area (Å²) >= 11 is 0. The van der Waals surface area contributed by atoms with Gasteiger partial charge in [0.1, 0.15) is 11.5 Å². The number of hydrogen-bond donors (Lipinski definition) is 2. The lowest BCUT2D eigenvalue weighted by Gasteiger charge is -2.17. The van der Waals surface area contributed by atoms with Crippen molar-refractivity contribution in [2.75, 3.05) is 28.6 Å². The number of carbonyl (C=O) groups is 1. The van der Waals surface area contributed by atoms with E-state index in [2.05, 4.69) is 51.5 Å². The molecule has 4 rings (SSSR count). The van der Waals surface area contributed by atoms with Crippen LogP contribution in [0, 0.1) is 13.8 Å². The first-order valence-corrected chi connectivity index (χ1v) is 9.91. The molecule has 1 aliphatic rings. The zero-order chi connectivity index (χ0) is 20.2. The summed E-state index contributed by atoms with van der Waals surface area (Å²) in [6.07, 6.45) is 5.54. The van der Waals surface area contributed by atoms with Gasteiger partial charge in [-0.1, -0.05) is 6.07 Å². The summed E-state index contributed by atoms with van der Waals surface area (Å²) in [4.78, 5) is 23.4. The molecule has 0 radical (unpaired) electrons. The predicted molar refractivity (Wildman–Crippen MR) is 117 cm³/mol. The second-order valence-electron chi connectivity index (χ2n) is 7.41. The molecule has 6 nitrogen and oxygen atoms in total. The molecule has 0 saturated carbocycles. The van der Waals surface area contributed by atoms with E-state index in [0.717, 1.165) is 24.5 Å². The van der Waals surface area contributed by atoms with Crippen LogP contribution in [0.25, 0.3) is 0 Å². The molecule has 1 fully saturated rings. The van der Waals surface area contributed by atoms with Gasteiger partial charge in [0.2, 0.25) is 0 Å². The molecule has 1 saturated heterocycles. The number of aromatic nitrogens is 2. The van der Waals surface area contributed by atoms with Crippen LogP contribution in [0.15, 0.2) is 54.9 Å². The molecular weight excluding hydrogens is 362 g/mol. The Labute approximate surface area is 171 Å². The predicted octanol–water partition coefficient (Wildman–Crippen LogP) is 4.69. The third kappa shape index (κ3) is 4.54. The Bertz CT molecular complexity index is 993. The maximum absolute atomic E-state index is 12.5. The summed E-state index contributed by atoms with van der Waals surface area (Å²) in [7, 11) is 0. The topological polar surface area (TPSA) is 70.2 Å². The normalized spacial score (nSPS) is 13.4. The van der Waals surface area contributed by atoms with Crippen LogP contribution in [0.2, 0.25) is 0 Å². The van der Waals surface area contributed by atoms with Crippen molar-refractivity contribution in [1.82, 2.24) is 9.97 Å². The molecule has 1 aromatic heterocycles. The number of aryl methyl sites for hydroxylation is 2. The summed E-state index contributed by atoms with van der Waals surface area (Å²) < 4.78 is 0. The lowest BCUT2D eigenvalue weighted by atomic mass is 10.1. The number of rotatable bonds is 5. The molecule has 0 spiro atoms. The van der Waals surface area contributed by atoms with Crippen LogP contribution in [0.3, 0.4) is 0 Å². The highest BCUT2D eigenvalue weighted by atomic mass is 16.1. The zero-order valence-corrected chi connectivity index (χ0v) is 16.8. The molecule has 148 valence electrons. The number of nitrogens with one attached hydrogen (secondary N) is 2. The van der Waals surface area contributed by atoms with Crippen LogP contribution >= 0.6 is 0 Å². The van der Waals surface area contributed by atoms with Gasteiger partial charge in [0, 0.05) is 30.2 Å². The smallest absolute Gasteiger partial charge is 0.275 e. The van der Waals surface area contributed by atoms with Crippen LogP contribution < -0.4 is 15.5 Å². The minimum Gasteiger partial charge on any atom is -0.372 e. The van der Waals surface area contributed by atoms with E-state index in [1.54, 1.807) is 6.20 Å². The van der Waals surface area contributed by atoms with E-state index >= 15 is 0 Å². The Balaban J connectivity index is 1.38. The highest BCUT2D eigenvalue weighted by Gasteiger charge is 2.13. The fourth-order valence-corrected chi connectivity index (χ4v) is 3.40. The van der Waals surface area contributed by atoms with Crippen molar-refractivity contribution >= 4 is 28.8 Å². The fraction of sp³-hybridized carbons (Fsp3) is 0.261. The van der Waals surface area contributed by atoms with Gasteiger partial charge in [0.05, 0.1) is 12.4 Å². The Morgan fingerprint density at radius 2 is 1.62 bits per heavy atom. The highest BCUT2D eigenvalue weighted by Crippen LogP contribution is 2.22. The lowest BCUT2D eigenvalue weighted by Crippen LogP contribution is -2.18. The van der Waals surface area contributed by atoms with Crippen molar-refractivity contribution in [1.29, 1.82) is 0 Å². The second-order valence-corrected chi connectivity index (χ2v) is 7.41. The fourth-order valence-electron chi connectivity index (χ4n) is 3.40. The van der Waals surface area contributed by atoms with Gasteiger partial charge < -0.3 is 15.5 Å². The molecule has 1 aliphatic heterocycles. The first-order valence-electron chi connectivity index (χ1n) is 9.91. The van der Waals surface area contributed by atoms with Gasteiger partial charge in [-0.05, 0) is 74.2 Å². The molecule has 2 heterocycles. The first-order chi connectivity index (χ1) is 14.1. The third-order valence-corrected chi connectivity index (χ3v) is 5.26. The molecule has 0 bridgehead atoms. The number of amides is 1. The minimum absolute atomic E-state index is 0.274. The molecule has 29 heavy (non-hydrogen) atoms. The van der Waals surface area contributed by atoms with E-state index in [1.807, 2.05) is 30.3 Å². The Hall–Kier alpha value is -3.41. The lowest BCUT2D eigenvalue weighted by molar-refractivity contribution is 0.102.